The summed E-state index contributed by atoms with van der Waals surface area (Å²) in [6, 6.07) is 2.72. The molecular formula is C26H44BrFN2O3. The molecule has 0 unspecified atom stereocenters. The van der Waals surface area contributed by atoms with Crippen LogP contribution in [0.3, 0.4) is 0 Å². The molecule has 0 aliphatic heterocycles. The van der Waals surface area contributed by atoms with Crippen molar-refractivity contribution in [2.24, 2.45) is 0 Å². The monoisotopic (exact) mass is 530 g/mol. The van der Waals surface area contributed by atoms with Crippen LogP contribution in [0.15, 0.2) is 40.4 Å². The number of nitrogens with zero attached hydrogens (tertiary/aromatic N) is 1. The number of hydrazine groups is 1. The zero-order valence-corrected chi connectivity index (χ0v) is 23.9. The first-order valence-electron chi connectivity index (χ1n) is 11.6. The average molecular weight is 532 g/mol. The molecule has 7 heteroatoms. The summed E-state index contributed by atoms with van der Waals surface area (Å²) in [4.78, 5) is 24.7. The van der Waals surface area contributed by atoms with Gasteiger partial charge in [-0.15, -0.1) is 0 Å². The number of carbonyl (C=O) groups excluding carboxylic acids is 2. The first kappa shape index (κ1) is 35.4. The van der Waals surface area contributed by atoms with Crippen molar-refractivity contribution >= 4 is 27.7 Å². The van der Waals surface area contributed by atoms with E-state index >= 15 is 0 Å². The number of rotatable bonds is 6. The van der Waals surface area contributed by atoms with Crippen molar-refractivity contribution in [2.45, 2.75) is 88.6 Å². The lowest BCUT2D eigenvalue weighted by Crippen LogP contribution is -2.52. The Hall–Kier alpha value is -2.15. The van der Waals surface area contributed by atoms with Crippen LogP contribution in [-0.4, -0.2) is 29.5 Å². The van der Waals surface area contributed by atoms with Crippen LogP contribution in [0.1, 0.15) is 81.2 Å². The summed E-state index contributed by atoms with van der Waals surface area (Å²) >= 11 is 3.23. The molecule has 1 aromatic rings. The molecule has 190 valence electrons. The molecule has 0 heterocycles. The maximum atomic E-state index is 14.0. The Balaban J connectivity index is -0.00000115. The van der Waals surface area contributed by atoms with Gasteiger partial charge in [-0.1, -0.05) is 66.2 Å². The highest BCUT2D eigenvalue weighted by molar-refractivity contribution is 9.10. The lowest BCUT2D eigenvalue weighted by atomic mass is 10.2. The topological polar surface area (TPSA) is 58.6 Å². The van der Waals surface area contributed by atoms with Crippen LogP contribution >= 0.6 is 15.9 Å². The van der Waals surface area contributed by atoms with Gasteiger partial charge in [-0.25, -0.2) is 9.40 Å². The molecule has 0 saturated heterocycles. The largest absolute Gasteiger partial charge is 0.479 e. The molecule has 33 heavy (non-hydrogen) atoms. The SMILES string of the molecule is C/C=C\C(=C/C)C(=O)NN(C(=O)COc1c(F)cc(C)cc1Br)C(C)C.CC.CC.CCC. The van der Waals surface area contributed by atoms with Crippen molar-refractivity contribution in [1.82, 2.24) is 10.4 Å². The normalized spacial score (nSPS) is 10.2. The Labute approximate surface area is 209 Å². The number of aryl methyl sites for hydroxylation is 1. The first-order valence-corrected chi connectivity index (χ1v) is 12.4. The van der Waals surface area contributed by atoms with Crippen LogP contribution in [0.2, 0.25) is 0 Å². The van der Waals surface area contributed by atoms with Gasteiger partial charge in [0.25, 0.3) is 11.8 Å². The molecule has 0 aliphatic carbocycles. The standard InChI is InChI=1S/C19H24BrFN2O3.C3H8.2C2H6/c1-6-8-14(7-2)19(25)22-23(12(3)4)17(24)11-26-18-15(20)9-13(5)10-16(18)21;1-3-2;2*1-2/h6-10,12H,11H2,1-5H3,(H,22,25);3H2,1-2H3;2*1-2H3/b8-6-,14-7+;;;. The van der Waals surface area contributed by atoms with Crippen LogP contribution in [0.5, 0.6) is 5.75 Å². The Kier molecular flexibility index (Phi) is 23.3. The minimum atomic E-state index is -0.561. The number of benzene rings is 1. The van der Waals surface area contributed by atoms with E-state index in [4.69, 9.17) is 4.74 Å². The van der Waals surface area contributed by atoms with Gasteiger partial charge in [-0.05, 0) is 68.2 Å². The van der Waals surface area contributed by atoms with Gasteiger partial charge in [0, 0.05) is 11.6 Å². The van der Waals surface area contributed by atoms with Gasteiger partial charge in [0.15, 0.2) is 18.2 Å². The van der Waals surface area contributed by atoms with E-state index in [0.717, 1.165) is 5.56 Å². The van der Waals surface area contributed by atoms with Gasteiger partial charge < -0.3 is 4.74 Å². The van der Waals surface area contributed by atoms with E-state index < -0.39 is 24.2 Å². The quantitative estimate of drug-likeness (QED) is 0.234. The molecule has 1 aromatic carbocycles. The van der Waals surface area contributed by atoms with Crippen LogP contribution in [0.4, 0.5) is 4.39 Å². The summed E-state index contributed by atoms with van der Waals surface area (Å²) in [5.74, 6) is -1.50. The summed E-state index contributed by atoms with van der Waals surface area (Å²) in [5, 5.41) is 1.18. The number of ether oxygens (including phenoxy) is 1. The van der Waals surface area contributed by atoms with E-state index in [0.29, 0.717) is 10.0 Å². The Morgan fingerprint density at radius 3 is 2.06 bits per heavy atom. The van der Waals surface area contributed by atoms with E-state index in [1.54, 1.807) is 58.9 Å². The van der Waals surface area contributed by atoms with Crippen molar-refractivity contribution in [3.63, 3.8) is 0 Å². The van der Waals surface area contributed by atoms with E-state index in [9.17, 15) is 14.0 Å². The Bertz CT molecular complexity index is 724. The van der Waals surface area contributed by atoms with E-state index in [-0.39, 0.29) is 11.8 Å². The van der Waals surface area contributed by atoms with Gasteiger partial charge >= 0.3 is 0 Å². The lowest BCUT2D eigenvalue weighted by molar-refractivity contribution is -0.144. The van der Waals surface area contributed by atoms with Crippen molar-refractivity contribution in [3.05, 3.63) is 51.8 Å². The molecule has 0 spiro atoms. The fourth-order valence-corrected chi connectivity index (χ4v) is 2.83. The summed E-state index contributed by atoms with van der Waals surface area (Å²) in [6.07, 6.45) is 6.28. The maximum absolute atomic E-state index is 14.0. The molecule has 1 rings (SSSR count). The van der Waals surface area contributed by atoms with E-state index in [2.05, 4.69) is 35.2 Å². The molecule has 0 atom stereocenters. The van der Waals surface area contributed by atoms with Gasteiger partial charge in [-0.3, -0.25) is 15.0 Å². The highest BCUT2D eigenvalue weighted by Gasteiger charge is 2.22. The lowest BCUT2D eigenvalue weighted by Gasteiger charge is -2.27. The second-order valence-corrected chi connectivity index (χ2v) is 7.45. The molecule has 0 aromatic heterocycles. The third-order valence-corrected chi connectivity index (χ3v) is 4.00. The van der Waals surface area contributed by atoms with Gasteiger partial charge in [-0.2, -0.15) is 0 Å². The second kappa shape index (κ2) is 21.7. The van der Waals surface area contributed by atoms with Gasteiger partial charge in [0.1, 0.15) is 0 Å². The number of hydrogen-bond donors (Lipinski definition) is 1. The summed E-state index contributed by atoms with van der Waals surface area (Å²) < 4.78 is 19.8. The summed E-state index contributed by atoms with van der Waals surface area (Å²) in [7, 11) is 0. The highest BCUT2D eigenvalue weighted by atomic mass is 79.9. The fourth-order valence-electron chi connectivity index (χ4n) is 2.16. The Morgan fingerprint density at radius 1 is 1.15 bits per heavy atom. The smallest absolute Gasteiger partial charge is 0.279 e. The highest BCUT2D eigenvalue weighted by Crippen LogP contribution is 2.29. The average Bonchev–Trinajstić information content (AvgIpc) is 2.77. The van der Waals surface area contributed by atoms with Crippen molar-refractivity contribution in [2.75, 3.05) is 6.61 Å². The fraction of sp³-hybridized carbons (Fsp3) is 0.538. The molecule has 0 fully saturated rings. The molecular weight excluding hydrogens is 487 g/mol. The number of allylic oxidation sites excluding steroid dienone is 2. The van der Waals surface area contributed by atoms with Crippen molar-refractivity contribution in [1.29, 1.82) is 0 Å². The predicted molar refractivity (Wildman–Crippen MR) is 142 cm³/mol. The molecule has 5 nitrogen and oxygen atoms in total. The first-order chi connectivity index (χ1) is 15.6. The van der Waals surface area contributed by atoms with E-state index in [1.165, 1.54) is 17.5 Å². The van der Waals surface area contributed by atoms with Gasteiger partial charge in [0.2, 0.25) is 0 Å². The molecule has 0 saturated carbocycles. The molecule has 0 aliphatic rings. The molecule has 0 radical (unpaired) electrons. The van der Waals surface area contributed by atoms with Crippen LogP contribution < -0.4 is 10.2 Å². The predicted octanol–water partition coefficient (Wildman–Crippen LogP) is 7.53. The third kappa shape index (κ3) is 14.6. The summed E-state index contributed by atoms with van der Waals surface area (Å²) in [5.41, 5.74) is 3.73. The molecule has 1 N–H and O–H groups in total. The number of carbonyl (C=O) groups is 2. The van der Waals surface area contributed by atoms with E-state index in [1.807, 2.05) is 27.7 Å². The number of nitrogens with one attached hydrogen (secondary N) is 1. The van der Waals surface area contributed by atoms with Crippen LogP contribution in [0, 0.1) is 12.7 Å². The number of amides is 2. The second-order valence-electron chi connectivity index (χ2n) is 6.60. The van der Waals surface area contributed by atoms with Crippen LogP contribution in [0.25, 0.3) is 0 Å². The summed E-state index contributed by atoms with van der Waals surface area (Å²) in [6.45, 7) is 20.6. The minimum Gasteiger partial charge on any atom is -0.479 e. The van der Waals surface area contributed by atoms with Crippen LogP contribution in [-0.2, 0) is 9.59 Å². The number of hydrogen-bond acceptors (Lipinski definition) is 3. The molecule has 2 amide bonds. The third-order valence-electron chi connectivity index (χ3n) is 3.41. The van der Waals surface area contributed by atoms with Crippen molar-refractivity contribution < 1.29 is 18.7 Å². The minimum absolute atomic E-state index is 0.0398. The van der Waals surface area contributed by atoms with Gasteiger partial charge in [0.05, 0.1) is 4.47 Å². The number of halogens is 2. The zero-order valence-electron chi connectivity index (χ0n) is 22.3. The molecule has 0 bridgehead atoms. The maximum Gasteiger partial charge on any atom is 0.279 e. The van der Waals surface area contributed by atoms with Crippen molar-refractivity contribution in [3.8, 4) is 5.75 Å². The zero-order chi connectivity index (χ0) is 26.6. The Morgan fingerprint density at radius 2 is 1.67 bits per heavy atom.